The van der Waals surface area contributed by atoms with Crippen molar-refractivity contribution in [2.75, 3.05) is 0 Å². The molecule has 0 unspecified atom stereocenters. The van der Waals surface area contributed by atoms with E-state index in [0.29, 0.717) is 11.4 Å². The van der Waals surface area contributed by atoms with Crippen LogP contribution >= 0.6 is 0 Å². The summed E-state index contributed by atoms with van der Waals surface area (Å²) in [5.41, 5.74) is 0.469. The molecule has 0 aliphatic carbocycles. The Labute approximate surface area is 97.3 Å². The summed E-state index contributed by atoms with van der Waals surface area (Å²) in [5.74, 6) is -0.875. The van der Waals surface area contributed by atoms with Crippen molar-refractivity contribution in [3.05, 3.63) is 53.4 Å². The second-order valence-electron chi connectivity index (χ2n) is 3.73. The Morgan fingerprint density at radius 1 is 1.47 bits per heavy atom. The number of carboxylic acids is 1. The van der Waals surface area contributed by atoms with Crippen LogP contribution in [0.5, 0.6) is 0 Å². The zero-order valence-electron chi connectivity index (χ0n) is 9.22. The first-order chi connectivity index (χ1) is 8.08. The number of benzene rings is 1. The van der Waals surface area contributed by atoms with Gasteiger partial charge in [0.25, 0.3) is 0 Å². The molecule has 0 spiro atoms. The van der Waals surface area contributed by atoms with Crippen molar-refractivity contribution >= 4 is 5.97 Å². The summed E-state index contributed by atoms with van der Waals surface area (Å²) in [7, 11) is 1.69. The van der Waals surface area contributed by atoms with E-state index in [1.165, 1.54) is 12.3 Å². The highest BCUT2D eigenvalue weighted by molar-refractivity contribution is 5.85. The van der Waals surface area contributed by atoms with Gasteiger partial charge in [0.1, 0.15) is 11.6 Å². The molecule has 0 aliphatic rings. The van der Waals surface area contributed by atoms with Gasteiger partial charge in [-0.3, -0.25) is 0 Å². The molecule has 2 rings (SSSR count). The van der Waals surface area contributed by atoms with Gasteiger partial charge in [0.2, 0.25) is 0 Å². The molecule has 17 heavy (non-hydrogen) atoms. The second kappa shape index (κ2) is 4.37. The number of imidazole rings is 1. The van der Waals surface area contributed by atoms with Gasteiger partial charge in [-0.1, -0.05) is 18.2 Å². The maximum atomic E-state index is 13.4. The third kappa shape index (κ3) is 2.33. The van der Waals surface area contributed by atoms with Crippen LogP contribution in [-0.4, -0.2) is 20.6 Å². The van der Waals surface area contributed by atoms with E-state index in [9.17, 15) is 9.18 Å². The monoisotopic (exact) mass is 234 g/mol. The van der Waals surface area contributed by atoms with Gasteiger partial charge < -0.3 is 9.67 Å². The molecule has 0 radical (unpaired) electrons. The number of halogens is 1. The summed E-state index contributed by atoms with van der Waals surface area (Å²) in [5, 5.41) is 8.79. The van der Waals surface area contributed by atoms with Crippen molar-refractivity contribution in [3.8, 4) is 0 Å². The summed E-state index contributed by atoms with van der Waals surface area (Å²) in [6.45, 7) is 0. The minimum absolute atomic E-state index is 0.0289. The van der Waals surface area contributed by atoms with Crippen LogP contribution in [0, 0.1) is 5.82 Å². The van der Waals surface area contributed by atoms with Gasteiger partial charge in [0, 0.05) is 19.7 Å². The average molecular weight is 234 g/mol. The zero-order valence-corrected chi connectivity index (χ0v) is 9.22. The molecule has 0 saturated carbocycles. The molecular formula is C12H11FN2O2. The predicted molar refractivity (Wildman–Crippen MR) is 59.4 cm³/mol. The highest BCUT2D eigenvalue weighted by atomic mass is 19.1. The van der Waals surface area contributed by atoms with E-state index < -0.39 is 5.97 Å². The SMILES string of the molecule is Cn1cc(C(=O)O)nc1Cc1ccccc1F. The lowest BCUT2D eigenvalue weighted by atomic mass is 10.1. The normalized spacial score (nSPS) is 10.5. The molecule has 1 N–H and O–H groups in total. The predicted octanol–water partition coefficient (Wildman–Crippen LogP) is 1.85. The fourth-order valence-electron chi connectivity index (χ4n) is 1.58. The molecule has 0 bridgehead atoms. The van der Waals surface area contributed by atoms with Crippen LogP contribution in [0.15, 0.2) is 30.5 Å². The number of hydrogen-bond donors (Lipinski definition) is 1. The zero-order chi connectivity index (χ0) is 12.4. The van der Waals surface area contributed by atoms with E-state index in [1.54, 1.807) is 29.8 Å². The maximum Gasteiger partial charge on any atom is 0.356 e. The average Bonchev–Trinajstić information content (AvgIpc) is 2.64. The first kappa shape index (κ1) is 11.3. The van der Waals surface area contributed by atoms with Crippen LogP contribution in [0.4, 0.5) is 4.39 Å². The van der Waals surface area contributed by atoms with E-state index in [0.717, 1.165) is 0 Å². The van der Waals surface area contributed by atoms with Crippen LogP contribution in [-0.2, 0) is 13.5 Å². The van der Waals surface area contributed by atoms with Crippen LogP contribution in [0.3, 0.4) is 0 Å². The largest absolute Gasteiger partial charge is 0.476 e. The number of carbonyl (C=O) groups is 1. The molecule has 88 valence electrons. The third-order valence-corrected chi connectivity index (χ3v) is 2.50. The molecule has 1 aromatic heterocycles. The Hall–Kier alpha value is -2.17. The molecule has 0 amide bonds. The van der Waals surface area contributed by atoms with E-state index in [2.05, 4.69) is 4.98 Å². The van der Waals surface area contributed by atoms with Crippen molar-refractivity contribution in [2.45, 2.75) is 6.42 Å². The minimum atomic E-state index is -1.08. The summed E-state index contributed by atoms with van der Waals surface area (Å²) >= 11 is 0. The standard InChI is InChI=1S/C12H11FN2O2/c1-15-7-10(12(16)17)14-11(15)6-8-4-2-3-5-9(8)13/h2-5,7H,6H2,1H3,(H,16,17). The lowest BCUT2D eigenvalue weighted by molar-refractivity contribution is 0.0691. The first-order valence-corrected chi connectivity index (χ1v) is 5.07. The maximum absolute atomic E-state index is 13.4. The summed E-state index contributed by atoms with van der Waals surface area (Å²) in [4.78, 5) is 14.7. The molecular weight excluding hydrogens is 223 g/mol. The lowest BCUT2D eigenvalue weighted by Crippen LogP contribution is -2.00. The number of aryl methyl sites for hydroxylation is 1. The molecule has 0 saturated heterocycles. The number of carboxylic acid groups (broad SMARTS) is 1. The smallest absolute Gasteiger partial charge is 0.356 e. The summed E-state index contributed by atoms with van der Waals surface area (Å²) < 4.78 is 15.0. The number of nitrogens with zero attached hydrogens (tertiary/aromatic N) is 2. The van der Waals surface area contributed by atoms with Gasteiger partial charge in [0.15, 0.2) is 5.69 Å². The molecule has 1 heterocycles. The van der Waals surface area contributed by atoms with Crippen molar-refractivity contribution in [3.63, 3.8) is 0 Å². The molecule has 1 aromatic carbocycles. The topological polar surface area (TPSA) is 55.1 Å². The Kier molecular flexibility index (Phi) is 2.91. The van der Waals surface area contributed by atoms with Crippen molar-refractivity contribution in [1.29, 1.82) is 0 Å². The Bertz CT molecular complexity index is 563. The van der Waals surface area contributed by atoms with Crippen molar-refractivity contribution in [1.82, 2.24) is 9.55 Å². The summed E-state index contributed by atoms with van der Waals surface area (Å²) in [6.07, 6.45) is 1.69. The van der Waals surface area contributed by atoms with Crippen LogP contribution in [0.1, 0.15) is 21.9 Å². The number of rotatable bonds is 3. The Balaban J connectivity index is 2.30. The molecule has 0 fully saturated rings. The van der Waals surface area contributed by atoms with Gasteiger partial charge in [0.05, 0.1) is 0 Å². The van der Waals surface area contributed by atoms with Gasteiger partial charge >= 0.3 is 5.97 Å². The number of aromatic nitrogens is 2. The highest BCUT2D eigenvalue weighted by Gasteiger charge is 2.12. The molecule has 5 heteroatoms. The van der Waals surface area contributed by atoms with Gasteiger partial charge in [-0.05, 0) is 11.6 Å². The quantitative estimate of drug-likeness (QED) is 0.881. The van der Waals surface area contributed by atoms with E-state index >= 15 is 0 Å². The van der Waals surface area contributed by atoms with Crippen LogP contribution in [0.2, 0.25) is 0 Å². The lowest BCUT2D eigenvalue weighted by Gasteiger charge is -2.02. The van der Waals surface area contributed by atoms with E-state index in [4.69, 9.17) is 5.11 Å². The summed E-state index contributed by atoms with van der Waals surface area (Å²) in [6, 6.07) is 6.38. The molecule has 0 atom stereocenters. The van der Waals surface area contributed by atoms with Crippen molar-refractivity contribution < 1.29 is 14.3 Å². The third-order valence-electron chi connectivity index (χ3n) is 2.50. The second-order valence-corrected chi connectivity index (χ2v) is 3.73. The number of aromatic carboxylic acids is 1. The highest BCUT2D eigenvalue weighted by Crippen LogP contribution is 2.12. The Morgan fingerprint density at radius 2 is 2.18 bits per heavy atom. The van der Waals surface area contributed by atoms with Gasteiger partial charge in [-0.25, -0.2) is 14.2 Å². The van der Waals surface area contributed by atoms with Crippen LogP contribution < -0.4 is 0 Å². The van der Waals surface area contributed by atoms with Gasteiger partial charge in [-0.2, -0.15) is 0 Å². The van der Waals surface area contributed by atoms with Crippen LogP contribution in [0.25, 0.3) is 0 Å². The van der Waals surface area contributed by atoms with Gasteiger partial charge in [-0.15, -0.1) is 0 Å². The number of hydrogen-bond acceptors (Lipinski definition) is 2. The van der Waals surface area contributed by atoms with Crippen molar-refractivity contribution in [2.24, 2.45) is 7.05 Å². The molecule has 0 aliphatic heterocycles. The molecule has 2 aromatic rings. The Morgan fingerprint density at radius 3 is 2.76 bits per heavy atom. The fraction of sp³-hybridized carbons (Fsp3) is 0.167. The van der Waals surface area contributed by atoms with E-state index in [1.807, 2.05) is 0 Å². The fourth-order valence-corrected chi connectivity index (χ4v) is 1.58. The minimum Gasteiger partial charge on any atom is -0.476 e. The van der Waals surface area contributed by atoms with E-state index in [-0.39, 0.29) is 17.9 Å². The molecule has 4 nitrogen and oxygen atoms in total. The first-order valence-electron chi connectivity index (χ1n) is 5.07.